The fourth-order valence-corrected chi connectivity index (χ4v) is 3.83. The van der Waals surface area contributed by atoms with Crippen LogP contribution in [0.4, 0.5) is 0 Å². The molecule has 0 aliphatic carbocycles. The first kappa shape index (κ1) is 13.3. The van der Waals surface area contributed by atoms with Crippen LogP contribution in [0.5, 0.6) is 5.75 Å². The fraction of sp³-hybridized carbons (Fsp3) is 0.235. The number of fused-ring (bicyclic) bond motifs is 2. The highest BCUT2D eigenvalue weighted by atomic mass is 32.2. The van der Waals surface area contributed by atoms with Crippen LogP contribution in [0.3, 0.4) is 0 Å². The Morgan fingerprint density at radius 2 is 2.05 bits per heavy atom. The molecule has 0 bridgehead atoms. The number of ketones is 1. The van der Waals surface area contributed by atoms with Gasteiger partial charge in [0.05, 0.1) is 0 Å². The number of carbonyl (C=O) groups excluding carboxylic acids is 1. The highest BCUT2D eigenvalue weighted by molar-refractivity contribution is 7.98. The van der Waals surface area contributed by atoms with Crippen LogP contribution in [0, 0.1) is 0 Å². The van der Waals surface area contributed by atoms with E-state index in [1.807, 2.05) is 19.1 Å². The molecule has 3 rings (SSSR count). The van der Waals surface area contributed by atoms with Crippen molar-refractivity contribution < 1.29 is 9.90 Å². The minimum absolute atomic E-state index is 0.0876. The molecule has 1 atom stereocenters. The molecule has 3 heteroatoms. The van der Waals surface area contributed by atoms with Gasteiger partial charge in [0, 0.05) is 22.1 Å². The van der Waals surface area contributed by atoms with E-state index < -0.39 is 0 Å². The van der Waals surface area contributed by atoms with E-state index in [4.69, 9.17) is 0 Å². The molecule has 1 aliphatic rings. The topological polar surface area (TPSA) is 37.3 Å². The van der Waals surface area contributed by atoms with Crippen LogP contribution in [-0.4, -0.2) is 10.9 Å². The van der Waals surface area contributed by atoms with E-state index >= 15 is 0 Å². The van der Waals surface area contributed by atoms with E-state index in [-0.39, 0.29) is 17.5 Å². The van der Waals surface area contributed by atoms with Crippen molar-refractivity contribution >= 4 is 17.5 Å². The van der Waals surface area contributed by atoms with Gasteiger partial charge in [-0.15, -0.1) is 11.8 Å². The van der Waals surface area contributed by atoms with E-state index in [1.54, 1.807) is 30.0 Å². The zero-order valence-electron chi connectivity index (χ0n) is 11.3. The molecule has 0 unspecified atom stereocenters. The first-order chi connectivity index (χ1) is 9.70. The molecular weight excluding hydrogens is 268 g/mol. The number of phenolic OH excluding ortho intramolecular Hbond substituents is 1. The van der Waals surface area contributed by atoms with Crippen molar-refractivity contribution in [2.24, 2.45) is 0 Å². The summed E-state index contributed by atoms with van der Waals surface area (Å²) in [5.41, 5.74) is 3.09. The summed E-state index contributed by atoms with van der Waals surface area (Å²) in [6.45, 7) is 2.05. The Morgan fingerprint density at radius 3 is 2.85 bits per heavy atom. The molecule has 0 aromatic heterocycles. The molecule has 2 nitrogen and oxygen atoms in total. The summed E-state index contributed by atoms with van der Waals surface area (Å²) in [5.74, 6) is 1.11. The third-order valence-electron chi connectivity index (χ3n) is 3.77. The minimum Gasteiger partial charge on any atom is -0.508 e. The van der Waals surface area contributed by atoms with Gasteiger partial charge in [0.2, 0.25) is 0 Å². The van der Waals surface area contributed by atoms with Gasteiger partial charge in [-0.2, -0.15) is 0 Å². The van der Waals surface area contributed by atoms with E-state index in [1.165, 1.54) is 5.56 Å². The number of Topliss-reactive ketones (excluding diaryl/α,β-unsaturated/α-hetero) is 1. The number of carbonyl (C=O) groups is 1. The third kappa shape index (κ3) is 2.22. The Hall–Kier alpha value is -1.74. The van der Waals surface area contributed by atoms with Crippen LogP contribution in [0.15, 0.2) is 47.4 Å². The molecule has 1 N–H and O–H groups in total. The van der Waals surface area contributed by atoms with Crippen LogP contribution < -0.4 is 0 Å². The van der Waals surface area contributed by atoms with Gasteiger partial charge in [-0.05, 0) is 35.7 Å². The largest absolute Gasteiger partial charge is 0.508 e. The van der Waals surface area contributed by atoms with Gasteiger partial charge in [0.1, 0.15) is 5.75 Å². The second-order valence-electron chi connectivity index (χ2n) is 4.99. The predicted octanol–water partition coefficient (Wildman–Crippen LogP) is 4.37. The van der Waals surface area contributed by atoms with Crippen LogP contribution >= 0.6 is 11.8 Å². The molecule has 0 saturated heterocycles. The molecular formula is C17H16O2S. The van der Waals surface area contributed by atoms with Crippen molar-refractivity contribution in [1.29, 1.82) is 0 Å². The molecule has 0 amide bonds. The monoisotopic (exact) mass is 284 g/mol. The number of hydrogen-bond acceptors (Lipinski definition) is 3. The summed E-state index contributed by atoms with van der Waals surface area (Å²) in [7, 11) is 0. The second-order valence-corrected chi connectivity index (χ2v) is 6.01. The standard InChI is InChI=1S/C17H16O2S/c1-2-13-14-6-4-3-5-11(14)10-20-16-9-12(18)7-8-15(16)17(13)19/h3-9,13,18H,2,10H2,1H3/t13-/m0/s1. The molecule has 2 aromatic carbocycles. The van der Waals surface area contributed by atoms with E-state index in [9.17, 15) is 9.90 Å². The van der Waals surface area contributed by atoms with Crippen molar-refractivity contribution in [2.75, 3.05) is 0 Å². The second kappa shape index (κ2) is 5.33. The molecule has 102 valence electrons. The molecule has 0 fully saturated rings. The van der Waals surface area contributed by atoms with Crippen molar-refractivity contribution in [2.45, 2.75) is 29.9 Å². The molecule has 0 spiro atoms. The first-order valence-corrected chi connectivity index (χ1v) is 7.77. The van der Waals surface area contributed by atoms with Gasteiger partial charge in [0.15, 0.2) is 5.78 Å². The number of aromatic hydroxyl groups is 1. The highest BCUT2D eigenvalue weighted by Crippen LogP contribution is 2.38. The van der Waals surface area contributed by atoms with Gasteiger partial charge < -0.3 is 5.11 Å². The van der Waals surface area contributed by atoms with Crippen LogP contribution in [-0.2, 0) is 5.75 Å². The predicted molar refractivity (Wildman–Crippen MR) is 81.5 cm³/mol. The number of benzene rings is 2. The average molecular weight is 284 g/mol. The molecule has 0 saturated carbocycles. The number of hydrogen-bond donors (Lipinski definition) is 1. The van der Waals surface area contributed by atoms with Crippen LogP contribution in [0.2, 0.25) is 0 Å². The Balaban J connectivity index is 2.15. The van der Waals surface area contributed by atoms with Gasteiger partial charge in [-0.3, -0.25) is 4.79 Å². The summed E-state index contributed by atoms with van der Waals surface area (Å²) in [5, 5.41) is 9.63. The minimum atomic E-state index is -0.0876. The van der Waals surface area contributed by atoms with E-state index in [0.29, 0.717) is 0 Å². The van der Waals surface area contributed by atoms with E-state index in [0.717, 1.165) is 28.2 Å². The summed E-state index contributed by atoms with van der Waals surface area (Å²) in [6, 6.07) is 13.2. The summed E-state index contributed by atoms with van der Waals surface area (Å²) < 4.78 is 0. The summed E-state index contributed by atoms with van der Waals surface area (Å²) in [6.07, 6.45) is 0.792. The number of rotatable bonds is 1. The van der Waals surface area contributed by atoms with Gasteiger partial charge in [-0.1, -0.05) is 31.2 Å². The van der Waals surface area contributed by atoms with Gasteiger partial charge >= 0.3 is 0 Å². The Kier molecular flexibility index (Phi) is 3.53. The zero-order valence-corrected chi connectivity index (χ0v) is 12.1. The van der Waals surface area contributed by atoms with Crippen LogP contribution in [0.1, 0.15) is 40.7 Å². The van der Waals surface area contributed by atoms with Crippen molar-refractivity contribution in [3.63, 3.8) is 0 Å². The Morgan fingerprint density at radius 1 is 1.25 bits per heavy atom. The lowest BCUT2D eigenvalue weighted by Gasteiger charge is -2.22. The van der Waals surface area contributed by atoms with E-state index in [2.05, 4.69) is 12.1 Å². The SMILES string of the molecule is CC[C@@H]1C(=O)c2ccc(O)cc2SCc2ccccc21. The Labute approximate surface area is 122 Å². The molecule has 0 radical (unpaired) electrons. The van der Waals surface area contributed by atoms with Crippen LogP contribution in [0.25, 0.3) is 0 Å². The smallest absolute Gasteiger partial charge is 0.171 e. The van der Waals surface area contributed by atoms with Gasteiger partial charge in [-0.25, -0.2) is 0 Å². The number of thioether (sulfide) groups is 1. The maximum Gasteiger partial charge on any atom is 0.171 e. The number of phenols is 1. The first-order valence-electron chi connectivity index (χ1n) is 6.78. The van der Waals surface area contributed by atoms with Gasteiger partial charge in [0.25, 0.3) is 0 Å². The lowest BCUT2D eigenvalue weighted by molar-refractivity contribution is 0.0954. The fourth-order valence-electron chi connectivity index (χ4n) is 2.73. The molecule has 20 heavy (non-hydrogen) atoms. The van der Waals surface area contributed by atoms with Crippen molar-refractivity contribution in [3.05, 3.63) is 59.2 Å². The lowest BCUT2D eigenvalue weighted by Crippen LogP contribution is -2.16. The summed E-state index contributed by atoms with van der Waals surface area (Å²) in [4.78, 5) is 13.7. The lowest BCUT2D eigenvalue weighted by atomic mass is 9.86. The molecule has 1 aliphatic heterocycles. The van der Waals surface area contributed by atoms with Crippen molar-refractivity contribution in [3.8, 4) is 5.75 Å². The molecule has 2 aromatic rings. The van der Waals surface area contributed by atoms with Crippen molar-refractivity contribution in [1.82, 2.24) is 0 Å². The quantitative estimate of drug-likeness (QED) is 0.844. The highest BCUT2D eigenvalue weighted by Gasteiger charge is 2.27. The maximum atomic E-state index is 12.8. The average Bonchev–Trinajstić information content (AvgIpc) is 2.45. The zero-order chi connectivity index (χ0) is 14.1. The maximum absolute atomic E-state index is 12.8. The normalized spacial score (nSPS) is 17.9. The third-order valence-corrected chi connectivity index (χ3v) is 4.87. The Bertz CT molecular complexity index is 664. The summed E-state index contributed by atoms with van der Waals surface area (Å²) >= 11 is 1.62. The molecule has 1 heterocycles.